The van der Waals surface area contributed by atoms with E-state index < -0.39 is 0 Å². The number of piperidine rings is 3. The molecule has 4 heteroatoms. The average molecular weight is 255 g/mol. The summed E-state index contributed by atoms with van der Waals surface area (Å²) in [5.74, 6) is 3.50. The zero-order valence-corrected chi connectivity index (χ0v) is 11.6. The van der Waals surface area contributed by atoms with Crippen LogP contribution in [-0.4, -0.2) is 66.1 Å². The first-order valence-electron chi connectivity index (χ1n) is 7.10. The molecule has 0 saturated carbocycles. The van der Waals surface area contributed by atoms with Crippen LogP contribution in [0.5, 0.6) is 0 Å². The van der Waals surface area contributed by atoms with Crippen LogP contribution in [0.15, 0.2) is 0 Å². The Morgan fingerprint density at radius 3 is 2.59 bits per heavy atom. The number of fused-ring (bicyclic) bond motifs is 3. The minimum Gasteiger partial charge on any atom is -0.329 e. The number of hydrogen-bond donors (Lipinski definition) is 1. The van der Waals surface area contributed by atoms with Crippen molar-refractivity contribution in [2.24, 2.45) is 11.7 Å². The first-order valence-corrected chi connectivity index (χ1v) is 8.26. The first-order chi connectivity index (χ1) is 8.35. The molecule has 0 aromatic rings. The van der Waals surface area contributed by atoms with Gasteiger partial charge in [0.15, 0.2) is 0 Å². The summed E-state index contributed by atoms with van der Waals surface area (Å²) in [7, 11) is 0. The van der Waals surface area contributed by atoms with Crippen molar-refractivity contribution in [2.75, 3.05) is 50.8 Å². The molecule has 1 unspecified atom stereocenters. The van der Waals surface area contributed by atoms with Crippen LogP contribution in [0.2, 0.25) is 0 Å². The van der Waals surface area contributed by atoms with Crippen molar-refractivity contribution in [3.63, 3.8) is 0 Å². The molecule has 1 atom stereocenters. The van der Waals surface area contributed by atoms with Crippen LogP contribution in [0.3, 0.4) is 0 Å². The van der Waals surface area contributed by atoms with Gasteiger partial charge in [0.05, 0.1) is 0 Å². The summed E-state index contributed by atoms with van der Waals surface area (Å²) in [5, 5.41) is 0. The molecule has 3 nitrogen and oxygen atoms in total. The van der Waals surface area contributed by atoms with Gasteiger partial charge in [0, 0.05) is 30.9 Å². The van der Waals surface area contributed by atoms with E-state index in [-0.39, 0.29) is 0 Å². The molecule has 0 spiro atoms. The van der Waals surface area contributed by atoms with Crippen molar-refractivity contribution in [1.82, 2.24) is 9.80 Å². The highest BCUT2D eigenvalue weighted by molar-refractivity contribution is 7.99. The smallest absolute Gasteiger partial charge is 0.0487 e. The second-order valence-corrected chi connectivity index (χ2v) is 7.04. The molecule has 2 N–H and O–H groups in total. The van der Waals surface area contributed by atoms with Gasteiger partial charge >= 0.3 is 0 Å². The standard InChI is InChI=1S/C13H25N3S/c14-10-13(16-4-1-8-17-9-7-16)11-15-5-2-12(13)3-6-15/h12H,1-11,14H2. The molecule has 98 valence electrons. The highest BCUT2D eigenvalue weighted by Crippen LogP contribution is 2.39. The predicted molar refractivity (Wildman–Crippen MR) is 74.5 cm³/mol. The van der Waals surface area contributed by atoms with Crippen LogP contribution in [0.1, 0.15) is 19.3 Å². The van der Waals surface area contributed by atoms with Crippen molar-refractivity contribution < 1.29 is 0 Å². The Morgan fingerprint density at radius 1 is 1.12 bits per heavy atom. The van der Waals surface area contributed by atoms with Gasteiger partial charge < -0.3 is 10.6 Å². The molecule has 2 bridgehead atoms. The largest absolute Gasteiger partial charge is 0.329 e. The van der Waals surface area contributed by atoms with Gasteiger partial charge in [0.25, 0.3) is 0 Å². The van der Waals surface area contributed by atoms with E-state index in [0.29, 0.717) is 5.54 Å². The van der Waals surface area contributed by atoms with Gasteiger partial charge in [-0.25, -0.2) is 0 Å². The van der Waals surface area contributed by atoms with E-state index in [2.05, 4.69) is 21.6 Å². The number of rotatable bonds is 2. The molecule has 4 saturated heterocycles. The van der Waals surface area contributed by atoms with Gasteiger partial charge in [-0.1, -0.05) is 0 Å². The number of nitrogens with two attached hydrogens (primary N) is 1. The van der Waals surface area contributed by atoms with Crippen molar-refractivity contribution >= 4 is 11.8 Å². The Bertz CT molecular complexity index is 257. The quantitative estimate of drug-likeness (QED) is 0.793. The van der Waals surface area contributed by atoms with Crippen LogP contribution in [-0.2, 0) is 0 Å². The van der Waals surface area contributed by atoms with Crippen LogP contribution >= 0.6 is 11.8 Å². The second-order valence-electron chi connectivity index (χ2n) is 5.81. The van der Waals surface area contributed by atoms with Crippen molar-refractivity contribution in [2.45, 2.75) is 24.8 Å². The molecule has 17 heavy (non-hydrogen) atoms. The maximum atomic E-state index is 6.23. The van der Waals surface area contributed by atoms with Crippen LogP contribution in [0.25, 0.3) is 0 Å². The third kappa shape index (κ3) is 2.14. The van der Waals surface area contributed by atoms with Gasteiger partial charge in [-0.15, -0.1) is 0 Å². The average Bonchev–Trinajstić information content (AvgIpc) is 2.69. The monoisotopic (exact) mass is 255 g/mol. The molecular formula is C13H25N3S. The van der Waals surface area contributed by atoms with Crippen LogP contribution in [0, 0.1) is 5.92 Å². The molecule has 4 aliphatic rings. The van der Waals surface area contributed by atoms with Crippen LogP contribution < -0.4 is 5.73 Å². The Kier molecular flexibility index (Phi) is 3.67. The molecule has 4 fully saturated rings. The molecular weight excluding hydrogens is 230 g/mol. The lowest BCUT2D eigenvalue weighted by atomic mass is 9.71. The minimum atomic E-state index is 0.321. The molecule has 4 heterocycles. The number of nitrogens with zero attached hydrogens (tertiary/aromatic N) is 2. The van der Waals surface area contributed by atoms with Gasteiger partial charge in [0.1, 0.15) is 0 Å². The highest BCUT2D eigenvalue weighted by Gasteiger charge is 2.49. The molecule has 0 aromatic carbocycles. The lowest BCUT2D eigenvalue weighted by Crippen LogP contribution is -2.70. The Balaban J connectivity index is 1.80. The molecule has 4 rings (SSSR count). The molecule has 0 radical (unpaired) electrons. The normalized spacial score (nSPS) is 43.6. The Labute approximate surface area is 109 Å². The minimum absolute atomic E-state index is 0.321. The van der Waals surface area contributed by atoms with E-state index in [4.69, 9.17) is 5.73 Å². The third-order valence-electron chi connectivity index (χ3n) is 5.05. The van der Waals surface area contributed by atoms with Gasteiger partial charge in [-0.3, -0.25) is 4.90 Å². The maximum Gasteiger partial charge on any atom is 0.0487 e. The lowest BCUT2D eigenvalue weighted by Gasteiger charge is -2.57. The van der Waals surface area contributed by atoms with E-state index in [0.717, 1.165) is 12.5 Å². The highest BCUT2D eigenvalue weighted by atomic mass is 32.2. The zero-order chi connectivity index (χ0) is 11.7. The fourth-order valence-electron chi connectivity index (χ4n) is 4.05. The van der Waals surface area contributed by atoms with Gasteiger partial charge in [-0.2, -0.15) is 11.8 Å². The SMILES string of the molecule is NCC1(N2CCCSCC2)CN2CCC1CC2. The molecule has 0 amide bonds. The fourth-order valence-corrected chi connectivity index (χ4v) is 4.94. The van der Waals surface area contributed by atoms with Crippen molar-refractivity contribution in [3.8, 4) is 0 Å². The number of thioether (sulfide) groups is 1. The predicted octanol–water partition coefficient (Wildman–Crippen LogP) is 0.848. The van der Waals surface area contributed by atoms with Gasteiger partial charge in [-0.05, 0) is 50.6 Å². The molecule has 0 aromatic heterocycles. The van der Waals surface area contributed by atoms with Crippen molar-refractivity contribution in [3.05, 3.63) is 0 Å². The number of hydrogen-bond acceptors (Lipinski definition) is 4. The summed E-state index contributed by atoms with van der Waals surface area (Å²) in [6.07, 6.45) is 4.10. The first kappa shape index (κ1) is 12.3. The van der Waals surface area contributed by atoms with E-state index in [1.165, 1.54) is 63.5 Å². The molecule has 4 aliphatic heterocycles. The molecule has 0 aliphatic carbocycles. The third-order valence-corrected chi connectivity index (χ3v) is 6.10. The Hall–Kier alpha value is 0.230. The van der Waals surface area contributed by atoms with E-state index in [9.17, 15) is 0 Å². The van der Waals surface area contributed by atoms with Crippen LogP contribution in [0.4, 0.5) is 0 Å². The van der Waals surface area contributed by atoms with Crippen molar-refractivity contribution in [1.29, 1.82) is 0 Å². The Morgan fingerprint density at radius 2 is 1.94 bits per heavy atom. The maximum absolute atomic E-state index is 6.23. The summed E-state index contributed by atoms with van der Waals surface area (Å²) >= 11 is 2.12. The summed E-state index contributed by atoms with van der Waals surface area (Å²) in [4.78, 5) is 5.40. The summed E-state index contributed by atoms with van der Waals surface area (Å²) in [6.45, 7) is 7.25. The van der Waals surface area contributed by atoms with Gasteiger partial charge in [0.2, 0.25) is 0 Å². The zero-order valence-electron chi connectivity index (χ0n) is 10.7. The summed E-state index contributed by atoms with van der Waals surface area (Å²) in [5.41, 5.74) is 6.55. The lowest BCUT2D eigenvalue weighted by molar-refractivity contribution is -0.0641. The van der Waals surface area contributed by atoms with E-state index >= 15 is 0 Å². The van der Waals surface area contributed by atoms with E-state index in [1.54, 1.807) is 0 Å². The van der Waals surface area contributed by atoms with E-state index in [1.807, 2.05) is 0 Å². The second kappa shape index (κ2) is 5.08. The topological polar surface area (TPSA) is 32.5 Å². The summed E-state index contributed by atoms with van der Waals surface area (Å²) in [6, 6.07) is 0. The fraction of sp³-hybridized carbons (Fsp3) is 1.00. The summed E-state index contributed by atoms with van der Waals surface area (Å²) < 4.78 is 0.